The molecule has 0 spiro atoms. The number of carbonyl (C=O) groups excluding carboxylic acids is 2. The predicted molar refractivity (Wildman–Crippen MR) is 120 cm³/mol. The maximum atomic E-state index is 12.6. The highest BCUT2D eigenvalue weighted by Gasteiger charge is 2.21. The normalized spacial score (nSPS) is 11.2. The number of pyridine rings is 1. The number of benzene rings is 1. The SMILES string of the molecule is C=C(C)C[C@H](NC(=O)c1ccc(-c2csc(-c3cccnc3)n2)cc1)C(=O)NCC#N. The molecule has 2 heterocycles. The fraction of sp³-hybridized carbons (Fsp3) is 0.174. The summed E-state index contributed by atoms with van der Waals surface area (Å²) in [6.45, 7) is 5.46. The summed E-state index contributed by atoms with van der Waals surface area (Å²) in [5, 5.41) is 16.7. The second kappa shape index (κ2) is 10.3. The number of rotatable bonds is 8. The fourth-order valence-corrected chi connectivity index (χ4v) is 3.69. The van der Waals surface area contributed by atoms with Crippen LogP contribution in [0.2, 0.25) is 0 Å². The molecule has 0 saturated carbocycles. The van der Waals surface area contributed by atoms with E-state index in [4.69, 9.17) is 5.26 Å². The first-order chi connectivity index (χ1) is 15.0. The molecular weight excluding hydrogens is 410 g/mol. The molecule has 3 aromatic rings. The van der Waals surface area contributed by atoms with Gasteiger partial charge in [0.2, 0.25) is 5.91 Å². The van der Waals surface area contributed by atoms with Crippen molar-refractivity contribution in [2.45, 2.75) is 19.4 Å². The molecule has 31 heavy (non-hydrogen) atoms. The summed E-state index contributed by atoms with van der Waals surface area (Å²) in [5.74, 6) is -0.792. The third-order valence-corrected chi connectivity index (χ3v) is 5.26. The molecule has 0 aliphatic carbocycles. The van der Waals surface area contributed by atoms with Gasteiger partial charge in [-0.05, 0) is 37.6 Å². The molecule has 7 nitrogen and oxygen atoms in total. The van der Waals surface area contributed by atoms with E-state index in [-0.39, 0.29) is 18.9 Å². The number of aromatic nitrogens is 2. The average molecular weight is 432 g/mol. The predicted octanol–water partition coefficient (Wildman–Crippen LogP) is 3.58. The third-order valence-electron chi connectivity index (χ3n) is 4.37. The number of carbonyl (C=O) groups is 2. The molecular formula is C23H21N5O2S. The van der Waals surface area contributed by atoms with E-state index in [1.807, 2.05) is 35.7 Å². The Morgan fingerprint density at radius 2 is 2.00 bits per heavy atom. The van der Waals surface area contributed by atoms with E-state index >= 15 is 0 Å². The Hall–Kier alpha value is -3.83. The molecule has 0 unspecified atom stereocenters. The number of nitrogens with zero attached hydrogens (tertiary/aromatic N) is 3. The molecule has 8 heteroatoms. The van der Waals surface area contributed by atoms with Gasteiger partial charge < -0.3 is 10.6 Å². The zero-order valence-electron chi connectivity index (χ0n) is 17.0. The lowest BCUT2D eigenvalue weighted by molar-refractivity contribution is -0.122. The smallest absolute Gasteiger partial charge is 0.251 e. The topological polar surface area (TPSA) is 108 Å². The first kappa shape index (κ1) is 21.9. The van der Waals surface area contributed by atoms with Crippen LogP contribution in [0.4, 0.5) is 0 Å². The Balaban J connectivity index is 1.71. The van der Waals surface area contributed by atoms with Crippen LogP contribution < -0.4 is 10.6 Å². The first-order valence-corrected chi connectivity index (χ1v) is 10.4. The largest absolute Gasteiger partial charge is 0.341 e. The van der Waals surface area contributed by atoms with Crippen LogP contribution in [0.15, 0.2) is 66.3 Å². The molecule has 0 fully saturated rings. The number of thiazole rings is 1. The van der Waals surface area contributed by atoms with Crippen molar-refractivity contribution in [3.8, 4) is 27.9 Å². The van der Waals surface area contributed by atoms with E-state index in [2.05, 4.69) is 27.2 Å². The van der Waals surface area contributed by atoms with Crippen LogP contribution in [0.25, 0.3) is 21.8 Å². The Bertz CT molecular complexity index is 1120. The Labute approximate surface area is 184 Å². The zero-order valence-corrected chi connectivity index (χ0v) is 17.8. The van der Waals surface area contributed by atoms with Crippen molar-refractivity contribution >= 4 is 23.2 Å². The van der Waals surface area contributed by atoms with Gasteiger partial charge in [-0.3, -0.25) is 14.6 Å². The molecule has 2 amide bonds. The molecule has 1 atom stereocenters. The van der Waals surface area contributed by atoms with Crippen LogP contribution in [0.5, 0.6) is 0 Å². The standard InChI is InChI=1S/C23H21N5O2S/c1-15(2)12-19(22(30)26-11-9-24)27-21(29)17-7-5-16(6-8-17)20-14-31-23(28-20)18-4-3-10-25-13-18/h3-8,10,13-14,19H,1,11-12H2,2H3,(H,26,30)(H,27,29)/t19-/m0/s1. The van der Waals surface area contributed by atoms with Crippen molar-refractivity contribution in [3.05, 3.63) is 71.9 Å². The Morgan fingerprint density at radius 1 is 1.23 bits per heavy atom. The summed E-state index contributed by atoms with van der Waals surface area (Å²) in [6, 6.07) is 11.9. The molecule has 156 valence electrons. The van der Waals surface area contributed by atoms with Crippen LogP contribution in [-0.2, 0) is 4.79 Å². The molecule has 2 aromatic heterocycles. The van der Waals surface area contributed by atoms with Gasteiger partial charge in [0.25, 0.3) is 5.91 Å². The van der Waals surface area contributed by atoms with Crippen molar-refractivity contribution in [3.63, 3.8) is 0 Å². The van der Waals surface area contributed by atoms with E-state index in [0.29, 0.717) is 5.56 Å². The van der Waals surface area contributed by atoms with E-state index in [1.54, 1.807) is 31.5 Å². The van der Waals surface area contributed by atoms with Gasteiger partial charge in [-0.2, -0.15) is 5.26 Å². The van der Waals surface area contributed by atoms with Crippen molar-refractivity contribution in [2.75, 3.05) is 6.54 Å². The van der Waals surface area contributed by atoms with Gasteiger partial charge in [0.1, 0.15) is 17.6 Å². The van der Waals surface area contributed by atoms with Gasteiger partial charge in [-0.15, -0.1) is 17.9 Å². The summed E-state index contributed by atoms with van der Waals surface area (Å²) in [5.41, 5.74) is 3.82. The molecule has 2 N–H and O–H groups in total. The zero-order chi connectivity index (χ0) is 22.2. The highest BCUT2D eigenvalue weighted by atomic mass is 32.1. The van der Waals surface area contributed by atoms with E-state index in [0.717, 1.165) is 27.4 Å². The second-order valence-electron chi connectivity index (χ2n) is 6.92. The highest BCUT2D eigenvalue weighted by molar-refractivity contribution is 7.13. The quantitative estimate of drug-likeness (QED) is 0.419. The van der Waals surface area contributed by atoms with Gasteiger partial charge in [0.05, 0.1) is 11.8 Å². The average Bonchev–Trinajstić information content (AvgIpc) is 3.27. The van der Waals surface area contributed by atoms with Crippen LogP contribution in [0.1, 0.15) is 23.7 Å². The molecule has 0 radical (unpaired) electrons. The van der Waals surface area contributed by atoms with Gasteiger partial charge in [-0.1, -0.05) is 17.7 Å². The van der Waals surface area contributed by atoms with Crippen LogP contribution in [-0.4, -0.2) is 34.4 Å². The molecule has 0 saturated heterocycles. The van der Waals surface area contributed by atoms with Crippen LogP contribution in [0.3, 0.4) is 0 Å². The van der Waals surface area contributed by atoms with Crippen LogP contribution >= 0.6 is 11.3 Å². The van der Waals surface area contributed by atoms with Crippen molar-refractivity contribution in [2.24, 2.45) is 0 Å². The second-order valence-corrected chi connectivity index (χ2v) is 7.78. The van der Waals surface area contributed by atoms with E-state index < -0.39 is 11.9 Å². The number of nitriles is 1. The molecule has 1 aromatic carbocycles. The molecule has 3 rings (SSSR count). The summed E-state index contributed by atoms with van der Waals surface area (Å²) in [6.07, 6.45) is 3.77. The number of nitrogens with one attached hydrogen (secondary N) is 2. The summed E-state index contributed by atoms with van der Waals surface area (Å²) in [4.78, 5) is 33.6. The third kappa shape index (κ3) is 5.84. The fourth-order valence-electron chi connectivity index (χ4n) is 2.87. The lowest BCUT2D eigenvalue weighted by Crippen LogP contribution is -2.47. The van der Waals surface area contributed by atoms with Crippen LogP contribution in [0, 0.1) is 11.3 Å². The number of amides is 2. The number of hydrogen-bond donors (Lipinski definition) is 2. The van der Waals surface area contributed by atoms with Crippen molar-refractivity contribution in [1.82, 2.24) is 20.6 Å². The van der Waals surface area contributed by atoms with E-state index in [1.165, 1.54) is 11.3 Å². The highest BCUT2D eigenvalue weighted by Crippen LogP contribution is 2.28. The summed E-state index contributed by atoms with van der Waals surface area (Å²) < 4.78 is 0. The number of hydrogen-bond acceptors (Lipinski definition) is 6. The molecule has 0 aliphatic heterocycles. The monoisotopic (exact) mass is 431 g/mol. The summed E-state index contributed by atoms with van der Waals surface area (Å²) in [7, 11) is 0. The molecule has 0 bridgehead atoms. The summed E-state index contributed by atoms with van der Waals surface area (Å²) >= 11 is 1.53. The Morgan fingerprint density at radius 3 is 2.65 bits per heavy atom. The van der Waals surface area contributed by atoms with Gasteiger partial charge in [0.15, 0.2) is 0 Å². The first-order valence-electron chi connectivity index (χ1n) is 9.54. The van der Waals surface area contributed by atoms with Crippen molar-refractivity contribution in [1.29, 1.82) is 5.26 Å². The minimum atomic E-state index is -0.793. The minimum Gasteiger partial charge on any atom is -0.341 e. The van der Waals surface area contributed by atoms with Crippen molar-refractivity contribution < 1.29 is 9.59 Å². The maximum Gasteiger partial charge on any atom is 0.251 e. The van der Waals surface area contributed by atoms with Gasteiger partial charge in [-0.25, -0.2) is 4.98 Å². The Kier molecular flexibility index (Phi) is 7.25. The minimum absolute atomic E-state index is 0.120. The van der Waals surface area contributed by atoms with Gasteiger partial charge >= 0.3 is 0 Å². The lowest BCUT2D eigenvalue weighted by Gasteiger charge is -2.18. The van der Waals surface area contributed by atoms with Gasteiger partial charge in [0, 0.05) is 34.5 Å². The van der Waals surface area contributed by atoms with E-state index in [9.17, 15) is 9.59 Å². The maximum absolute atomic E-state index is 12.6. The lowest BCUT2D eigenvalue weighted by atomic mass is 10.1. The molecule has 0 aliphatic rings.